The summed E-state index contributed by atoms with van der Waals surface area (Å²) in [4.78, 5) is 10.1. The number of aromatic nitrogens is 2. The highest BCUT2D eigenvalue weighted by Crippen LogP contribution is 2.37. The zero-order chi connectivity index (χ0) is 31.2. The van der Waals surface area contributed by atoms with E-state index in [9.17, 15) is 0 Å². The first-order valence-corrected chi connectivity index (χ1v) is 15.8. The summed E-state index contributed by atoms with van der Waals surface area (Å²) < 4.78 is 6.13. The normalized spacial score (nSPS) is 11.4. The van der Waals surface area contributed by atoms with Crippen LogP contribution in [-0.2, 0) is 0 Å². The van der Waals surface area contributed by atoms with Crippen molar-refractivity contribution in [1.29, 1.82) is 0 Å². The molecule has 0 fully saturated rings. The summed E-state index contributed by atoms with van der Waals surface area (Å²) in [5.74, 6) is 0.714. The minimum absolute atomic E-state index is 0.714. The van der Waals surface area contributed by atoms with Crippen molar-refractivity contribution in [2.75, 3.05) is 0 Å². The van der Waals surface area contributed by atoms with E-state index in [1.54, 1.807) is 0 Å². The minimum atomic E-state index is 0.714. The quantitative estimate of drug-likeness (QED) is 0.197. The van der Waals surface area contributed by atoms with Crippen LogP contribution in [0, 0.1) is 0 Å². The summed E-state index contributed by atoms with van der Waals surface area (Å²) >= 11 is 0. The van der Waals surface area contributed by atoms with E-state index >= 15 is 0 Å². The summed E-state index contributed by atoms with van der Waals surface area (Å²) in [5.41, 5.74) is 11.4. The van der Waals surface area contributed by atoms with Gasteiger partial charge in [-0.1, -0.05) is 146 Å². The topological polar surface area (TPSA) is 38.9 Å². The third kappa shape index (κ3) is 4.95. The van der Waals surface area contributed by atoms with Crippen molar-refractivity contribution in [3.63, 3.8) is 0 Å². The Labute approximate surface area is 272 Å². The lowest BCUT2D eigenvalue weighted by Crippen LogP contribution is -1.96. The van der Waals surface area contributed by atoms with Crippen LogP contribution in [0.25, 0.3) is 88.9 Å². The first kappa shape index (κ1) is 27.0. The van der Waals surface area contributed by atoms with Gasteiger partial charge >= 0.3 is 0 Å². The van der Waals surface area contributed by atoms with E-state index < -0.39 is 0 Å². The van der Waals surface area contributed by atoms with E-state index in [-0.39, 0.29) is 0 Å². The van der Waals surface area contributed by atoms with Crippen LogP contribution in [0.4, 0.5) is 0 Å². The van der Waals surface area contributed by atoms with Gasteiger partial charge in [0.05, 0.1) is 11.4 Å². The fourth-order valence-corrected chi connectivity index (χ4v) is 6.50. The molecule has 220 valence electrons. The number of benzene rings is 7. The standard InChI is InChI=1S/C44H28N2O/c1-2-10-34(11-3-1)44-45-39(28-40(46-44)36-26-21-29-9-4-5-12-35(29)27-36)33-24-19-31(20-25-33)30-17-22-32(23-18-30)37-14-8-16-42-43(37)38-13-6-7-15-41(38)47-42/h1-28H. The zero-order valence-corrected chi connectivity index (χ0v) is 25.5. The smallest absolute Gasteiger partial charge is 0.160 e. The molecule has 9 rings (SSSR count). The van der Waals surface area contributed by atoms with Gasteiger partial charge in [0.2, 0.25) is 0 Å². The van der Waals surface area contributed by atoms with E-state index in [1.165, 1.54) is 16.3 Å². The predicted molar refractivity (Wildman–Crippen MR) is 194 cm³/mol. The molecule has 9 aromatic rings. The molecule has 0 unspecified atom stereocenters. The van der Waals surface area contributed by atoms with Crippen molar-refractivity contribution >= 4 is 32.7 Å². The summed E-state index contributed by atoms with van der Waals surface area (Å²) in [5, 5.41) is 4.70. The first-order valence-electron chi connectivity index (χ1n) is 15.8. The number of hydrogen-bond acceptors (Lipinski definition) is 3. The molecule has 2 heterocycles. The van der Waals surface area contributed by atoms with Gasteiger partial charge in [0.1, 0.15) is 11.2 Å². The van der Waals surface area contributed by atoms with Crippen molar-refractivity contribution in [1.82, 2.24) is 9.97 Å². The summed E-state index contributed by atoms with van der Waals surface area (Å²) in [7, 11) is 0. The van der Waals surface area contributed by atoms with Gasteiger partial charge in [-0.05, 0) is 57.3 Å². The monoisotopic (exact) mass is 600 g/mol. The molecule has 0 aliphatic rings. The molecule has 0 radical (unpaired) electrons. The van der Waals surface area contributed by atoms with Crippen LogP contribution in [0.1, 0.15) is 0 Å². The number of rotatable bonds is 5. The molecule has 0 bridgehead atoms. The lowest BCUT2D eigenvalue weighted by atomic mass is 9.96. The van der Waals surface area contributed by atoms with Crippen molar-refractivity contribution in [3.05, 3.63) is 170 Å². The molecule has 7 aromatic carbocycles. The molecule has 2 aromatic heterocycles. The number of fused-ring (bicyclic) bond motifs is 4. The number of hydrogen-bond donors (Lipinski definition) is 0. The molecule has 0 aliphatic carbocycles. The molecule has 3 heteroatoms. The maximum absolute atomic E-state index is 6.13. The highest BCUT2D eigenvalue weighted by Gasteiger charge is 2.14. The minimum Gasteiger partial charge on any atom is -0.456 e. The second-order valence-corrected chi connectivity index (χ2v) is 11.8. The van der Waals surface area contributed by atoms with E-state index in [0.717, 1.165) is 66.7 Å². The largest absolute Gasteiger partial charge is 0.456 e. The van der Waals surface area contributed by atoms with Crippen LogP contribution < -0.4 is 0 Å². The predicted octanol–water partition coefficient (Wildman–Crippen LogP) is 11.9. The Morgan fingerprint density at radius 2 is 0.957 bits per heavy atom. The molecular weight excluding hydrogens is 572 g/mol. The third-order valence-electron chi connectivity index (χ3n) is 8.92. The van der Waals surface area contributed by atoms with Gasteiger partial charge in [-0.3, -0.25) is 0 Å². The lowest BCUT2D eigenvalue weighted by molar-refractivity contribution is 0.669. The van der Waals surface area contributed by atoms with Crippen LogP contribution in [0.5, 0.6) is 0 Å². The number of nitrogens with zero attached hydrogens (tertiary/aromatic N) is 2. The molecule has 0 atom stereocenters. The zero-order valence-electron chi connectivity index (χ0n) is 25.5. The van der Waals surface area contributed by atoms with Crippen LogP contribution in [0.15, 0.2) is 174 Å². The molecule has 0 saturated carbocycles. The first-order chi connectivity index (χ1) is 23.3. The van der Waals surface area contributed by atoms with Gasteiger partial charge in [-0.2, -0.15) is 0 Å². The number of para-hydroxylation sites is 1. The molecule has 0 N–H and O–H groups in total. The van der Waals surface area contributed by atoms with Crippen molar-refractivity contribution in [2.24, 2.45) is 0 Å². The average Bonchev–Trinajstić information content (AvgIpc) is 3.54. The van der Waals surface area contributed by atoms with Crippen molar-refractivity contribution in [3.8, 4) is 56.2 Å². The van der Waals surface area contributed by atoms with Crippen LogP contribution in [0.3, 0.4) is 0 Å². The van der Waals surface area contributed by atoms with Gasteiger partial charge in [0.15, 0.2) is 5.82 Å². The summed E-state index contributed by atoms with van der Waals surface area (Å²) in [6, 6.07) is 59.2. The second kappa shape index (κ2) is 11.2. The second-order valence-electron chi connectivity index (χ2n) is 11.8. The number of furan rings is 1. The fourth-order valence-electron chi connectivity index (χ4n) is 6.50. The highest BCUT2D eigenvalue weighted by molar-refractivity contribution is 6.12. The van der Waals surface area contributed by atoms with E-state index in [0.29, 0.717) is 5.82 Å². The van der Waals surface area contributed by atoms with Gasteiger partial charge in [-0.15, -0.1) is 0 Å². The summed E-state index contributed by atoms with van der Waals surface area (Å²) in [6.07, 6.45) is 0. The highest BCUT2D eigenvalue weighted by atomic mass is 16.3. The maximum Gasteiger partial charge on any atom is 0.160 e. The van der Waals surface area contributed by atoms with Gasteiger partial charge in [0, 0.05) is 27.5 Å². The van der Waals surface area contributed by atoms with Gasteiger partial charge in [0.25, 0.3) is 0 Å². The molecule has 0 amide bonds. The van der Waals surface area contributed by atoms with Crippen molar-refractivity contribution in [2.45, 2.75) is 0 Å². The third-order valence-corrected chi connectivity index (χ3v) is 8.92. The molecule has 0 spiro atoms. The molecule has 47 heavy (non-hydrogen) atoms. The Morgan fingerprint density at radius 1 is 0.362 bits per heavy atom. The fraction of sp³-hybridized carbons (Fsp3) is 0. The molecule has 3 nitrogen and oxygen atoms in total. The molecule has 0 aliphatic heterocycles. The Morgan fingerprint density at radius 3 is 1.74 bits per heavy atom. The molecule has 0 saturated heterocycles. The summed E-state index contributed by atoms with van der Waals surface area (Å²) in [6.45, 7) is 0. The van der Waals surface area contributed by atoms with Crippen LogP contribution in [0.2, 0.25) is 0 Å². The van der Waals surface area contributed by atoms with Crippen LogP contribution >= 0.6 is 0 Å². The Balaban J connectivity index is 1.07. The average molecular weight is 601 g/mol. The Hall–Kier alpha value is -6.32. The maximum atomic E-state index is 6.13. The van der Waals surface area contributed by atoms with Crippen molar-refractivity contribution < 1.29 is 4.42 Å². The van der Waals surface area contributed by atoms with E-state index in [2.05, 4.69) is 133 Å². The lowest BCUT2D eigenvalue weighted by Gasteiger charge is -2.11. The Bertz CT molecular complexity index is 2550. The van der Waals surface area contributed by atoms with Gasteiger partial charge in [-0.25, -0.2) is 9.97 Å². The van der Waals surface area contributed by atoms with E-state index in [4.69, 9.17) is 14.4 Å². The molecular formula is C44H28N2O. The van der Waals surface area contributed by atoms with Gasteiger partial charge < -0.3 is 4.42 Å². The Kier molecular flexibility index (Phi) is 6.46. The van der Waals surface area contributed by atoms with E-state index in [1.807, 2.05) is 36.4 Å². The SMILES string of the molecule is c1ccc(-c2nc(-c3ccc(-c4ccc(-c5cccc6oc7ccccc7c56)cc4)cc3)cc(-c3ccc4ccccc4c3)n2)cc1. The van der Waals surface area contributed by atoms with Crippen LogP contribution in [-0.4, -0.2) is 9.97 Å².